The maximum absolute atomic E-state index is 13.5. The predicted molar refractivity (Wildman–Crippen MR) is 145 cm³/mol. The lowest BCUT2D eigenvalue weighted by Crippen LogP contribution is -2.46. The number of para-hydroxylation sites is 2. The third-order valence-electron chi connectivity index (χ3n) is 6.59. The van der Waals surface area contributed by atoms with Gasteiger partial charge in [-0.05, 0) is 43.4 Å². The molecular formula is C29H42N4O3. The van der Waals surface area contributed by atoms with Crippen molar-refractivity contribution in [2.75, 3.05) is 37.7 Å². The second-order valence-electron chi connectivity index (χ2n) is 9.97. The maximum Gasteiger partial charge on any atom is 0.239 e. The van der Waals surface area contributed by atoms with E-state index >= 15 is 0 Å². The fourth-order valence-electron chi connectivity index (χ4n) is 4.83. The van der Waals surface area contributed by atoms with Crippen molar-refractivity contribution in [2.45, 2.75) is 59.7 Å². The van der Waals surface area contributed by atoms with Gasteiger partial charge in [0.15, 0.2) is 0 Å². The highest BCUT2D eigenvalue weighted by atomic mass is 16.5. The molecule has 0 saturated heterocycles. The average Bonchev–Trinajstić information content (AvgIpc) is 2.87. The lowest BCUT2D eigenvalue weighted by Gasteiger charge is -2.30. The third kappa shape index (κ3) is 7.55. The second kappa shape index (κ2) is 13.4. The van der Waals surface area contributed by atoms with Crippen molar-refractivity contribution in [3.63, 3.8) is 0 Å². The standard InChI is InChI=1S/C29H42N4O3/c1-5-36-28-14-9-7-12-25(28)20-31-15-10-16-33(23(4)34)27-13-8-6-11-24(27)21-32(18-17-31)29(35)26(30)19-22(2)3/h6-9,11-14,22,26H,5,10,15-21,30H2,1-4H3/t26-/m1/s1. The monoisotopic (exact) mass is 494 g/mol. The van der Waals surface area contributed by atoms with E-state index in [-0.39, 0.29) is 11.8 Å². The van der Waals surface area contributed by atoms with Crippen molar-refractivity contribution in [2.24, 2.45) is 11.7 Å². The van der Waals surface area contributed by atoms with Gasteiger partial charge in [-0.15, -0.1) is 0 Å². The fraction of sp³-hybridized carbons (Fsp3) is 0.517. The maximum atomic E-state index is 13.5. The van der Waals surface area contributed by atoms with E-state index in [2.05, 4.69) is 24.8 Å². The summed E-state index contributed by atoms with van der Waals surface area (Å²) in [5.74, 6) is 1.19. The molecule has 7 nitrogen and oxygen atoms in total. The Balaban J connectivity index is 1.91. The number of ether oxygens (including phenoxy) is 1. The molecule has 0 saturated carbocycles. The van der Waals surface area contributed by atoms with Crippen LogP contribution in [0.3, 0.4) is 0 Å². The van der Waals surface area contributed by atoms with Gasteiger partial charge in [0.1, 0.15) is 5.75 Å². The molecule has 7 heteroatoms. The quantitative estimate of drug-likeness (QED) is 0.628. The van der Waals surface area contributed by atoms with Gasteiger partial charge in [0, 0.05) is 57.4 Å². The Bertz CT molecular complexity index is 1010. The summed E-state index contributed by atoms with van der Waals surface area (Å²) in [5, 5.41) is 0. The molecule has 36 heavy (non-hydrogen) atoms. The first-order valence-corrected chi connectivity index (χ1v) is 13.1. The van der Waals surface area contributed by atoms with E-state index in [0.29, 0.717) is 51.7 Å². The summed E-state index contributed by atoms with van der Waals surface area (Å²) in [4.78, 5) is 32.2. The lowest BCUT2D eigenvalue weighted by atomic mass is 10.0. The van der Waals surface area contributed by atoms with Gasteiger partial charge >= 0.3 is 0 Å². The summed E-state index contributed by atoms with van der Waals surface area (Å²) < 4.78 is 5.86. The number of carbonyl (C=O) groups excluding carboxylic acids is 2. The second-order valence-corrected chi connectivity index (χ2v) is 9.97. The highest BCUT2D eigenvalue weighted by Crippen LogP contribution is 2.25. The first kappa shape index (κ1) is 27.7. The molecule has 0 fully saturated rings. The van der Waals surface area contributed by atoms with Gasteiger partial charge in [0.2, 0.25) is 11.8 Å². The van der Waals surface area contributed by atoms with Crippen molar-refractivity contribution >= 4 is 17.5 Å². The van der Waals surface area contributed by atoms with E-state index in [1.165, 1.54) is 0 Å². The zero-order valence-corrected chi connectivity index (χ0v) is 22.3. The molecule has 2 aromatic carbocycles. The molecule has 0 unspecified atom stereocenters. The van der Waals surface area contributed by atoms with E-state index in [9.17, 15) is 9.59 Å². The Hall–Kier alpha value is -2.90. The van der Waals surface area contributed by atoms with Crippen molar-refractivity contribution in [3.8, 4) is 5.75 Å². The molecular weight excluding hydrogens is 452 g/mol. The van der Waals surface area contributed by atoms with Gasteiger partial charge < -0.3 is 20.3 Å². The Morgan fingerprint density at radius 3 is 2.44 bits per heavy atom. The van der Waals surface area contributed by atoms with Gasteiger partial charge in [0.25, 0.3) is 0 Å². The van der Waals surface area contributed by atoms with E-state index in [1.807, 2.05) is 59.2 Å². The molecule has 1 heterocycles. The zero-order chi connectivity index (χ0) is 26.1. The van der Waals surface area contributed by atoms with E-state index in [1.54, 1.807) is 6.92 Å². The molecule has 2 N–H and O–H groups in total. The van der Waals surface area contributed by atoms with Gasteiger partial charge in [0.05, 0.1) is 12.6 Å². The van der Waals surface area contributed by atoms with Gasteiger partial charge in [-0.25, -0.2) is 0 Å². The molecule has 1 aliphatic rings. The first-order valence-electron chi connectivity index (χ1n) is 13.1. The molecule has 0 aliphatic carbocycles. The lowest BCUT2D eigenvalue weighted by molar-refractivity contribution is -0.133. The molecule has 2 aromatic rings. The van der Waals surface area contributed by atoms with Crippen LogP contribution in [-0.4, -0.2) is 60.4 Å². The zero-order valence-electron chi connectivity index (χ0n) is 22.3. The van der Waals surface area contributed by atoms with Crippen molar-refractivity contribution in [1.29, 1.82) is 0 Å². The first-order chi connectivity index (χ1) is 17.3. The van der Waals surface area contributed by atoms with Crippen LogP contribution in [0.4, 0.5) is 5.69 Å². The highest BCUT2D eigenvalue weighted by Gasteiger charge is 2.26. The number of amides is 2. The van der Waals surface area contributed by atoms with Crippen LogP contribution in [-0.2, 0) is 22.7 Å². The van der Waals surface area contributed by atoms with Crippen LogP contribution < -0.4 is 15.4 Å². The van der Waals surface area contributed by atoms with Crippen LogP contribution in [0.2, 0.25) is 0 Å². The Morgan fingerprint density at radius 2 is 1.72 bits per heavy atom. The van der Waals surface area contributed by atoms with E-state index < -0.39 is 6.04 Å². The van der Waals surface area contributed by atoms with Crippen LogP contribution in [0.25, 0.3) is 0 Å². The van der Waals surface area contributed by atoms with Crippen molar-refractivity contribution in [3.05, 3.63) is 59.7 Å². The number of hydrogen-bond acceptors (Lipinski definition) is 5. The van der Waals surface area contributed by atoms with Gasteiger partial charge in [-0.1, -0.05) is 50.2 Å². The van der Waals surface area contributed by atoms with Gasteiger partial charge in [-0.2, -0.15) is 0 Å². The summed E-state index contributed by atoms with van der Waals surface area (Å²) in [6.07, 6.45) is 1.47. The van der Waals surface area contributed by atoms with Crippen molar-refractivity contribution < 1.29 is 14.3 Å². The van der Waals surface area contributed by atoms with Crippen LogP contribution in [0, 0.1) is 5.92 Å². The SMILES string of the molecule is CCOc1ccccc1CN1CCCN(C(C)=O)c2ccccc2CN(C(=O)[C@H](N)CC(C)C)CC1. The van der Waals surface area contributed by atoms with E-state index in [0.717, 1.165) is 35.5 Å². The number of anilines is 1. The summed E-state index contributed by atoms with van der Waals surface area (Å²) >= 11 is 0. The summed E-state index contributed by atoms with van der Waals surface area (Å²) in [5.41, 5.74) is 9.32. The number of fused-ring (bicyclic) bond motifs is 1. The molecule has 2 amide bonds. The summed E-state index contributed by atoms with van der Waals surface area (Å²) in [6, 6.07) is 15.5. The minimum Gasteiger partial charge on any atom is -0.494 e. The minimum atomic E-state index is -0.543. The molecule has 0 bridgehead atoms. The molecule has 0 aromatic heterocycles. The minimum absolute atomic E-state index is 0.00400. The molecule has 0 radical (unpaired) electrons. The normalized spacial score (nSPS) is 16.3. The topological polar surface area (TPSA) is 79.1 Å². The van der Waals surface area contributed by atoms with Crippen LogP contribution in [0.5, 0.6) is 5.75 Å². The van der Waals surface area contributed by atoms with Crippen LogP contribution in [0.1, 0.15) is 51.7 Å². The van der Waals surface area contributed by atoms with Crippen molar-refractivity contribution in [1.82, 2.24) is 9.80 Å². The number of rotatable bonds is 7. The smallest absolute Gasteiger partial charge is 0.239 e. The van der Waals surface area contributed by atoms with Gasteiger partial charge in [-0.3, -0.25) is 14.5 Å². The predicted octanol–water partition coefficient (Wildman–Crippen LogP) is 4.05. The third-order valence-corrected chi connectivity index (χ3v) is 6.59. The summed E-state index contributed by atoms with van der Waals surface area (Å²) in [6.45, 7) is 12.2. The number of hydrogen-bond donors (Lipinski definition) is 1. The number of nitrogens with zero attached hydrogens (tertiary/aromatic N) is 3. The van der Waals surface area contributed by atoms with E-state index in [4.69, 9.17) is 10.5 Å². The fourth-order valence-corrected chi connectivity index (χ4v) is 4.83. The Labute approximate surface area is 216 Å². The largest absolute Gasteiger partial charge is 0.494 e. The Morgan fingerprint density at radius 1 is 1.00 bits per heavy atom. The average molecular weight is 495 g/mol. The van der Waals surface area contributed by atoms with Crippen LogP contribution in [0.15, 0.2) is 48.5 Å². The number of carbonyl (C=O) groups is 2. The Kier molecular flexibility index (Phi) is 10.3. The number of benzene rings is 2. The number of nitrogens with two attached hydrogens (primary N) is 1. The van der Waals surface area contributed by atoms with Crippen LogP contribution >= 0.6 is 0 Å². The molecule has 0 spiro atoms. The molecule has 196 valence electrons. The summed E-state index contributed by atoms with van der Waals surface area (Å²) in [7, 11) is 0. The highest BCUT2D eigenvalue weighted by molar-refractivity contribution is 5.92. The molecule has 1 aliphatic heterocycles. The molecule has 1 atom stereocenters. The molecule has 3 rings (SSSR count).